The summed E-state index contributed by atoms with van der Waals surface area (Å²) in [5, 5.41) is 0. The minimum atomic E-state index is 0.0822. The van der Waals surface area contributed by atoms with Gasteiger partial charge in [0.1, 0.15) is 0 Å². The van der Waals surface area contributed by atoms with Gasteiger partial charge in [-0.25, -0.2) is 0 Å². The second kappa shape index (κ2) is 9.26. The van der Waals surface area contributed by atoms with E-state index in [0.29, 0.717) is 0 Å². The zero-order valence-corrected chi connectivity index (χ0v) is 21.6. The second-order valence-corrected chi connectivity index (χ2v) is 10.0. The molecule has 0 bridgehead atoms. The molecule has 0 aliphatic carbocycles. The van der Waals surface area contributed by atoms with E-state index in [1.165, 1.54) is 55.9 Å². The molecule has 1 fully saturated rings. The van der Waals surface area contributed by atoms with Crippen LogP contribution in [0, 0.1) is 48.2 Å². The Hall–Kier alpha value is -3.52. The van der Waals surface area contributed by atoms with Crippen LogP contribution in [0.1, 0.15) is 56.6 Å². The Kier molecular flexibility index (Phi) is 6.15. The molecule has 35 heavy (non-hydrogen) atoms. The van der Waals surface area contributed by atoms with Gasteiger partial charge in [0, 0.05) is 11.4 Å². The fourth-order valence-corrected chi connectivity index (χ4v) is 5.97. The molecule has 2 nitrogen and oxygen atoms in total. The van der Waals surface area contributed by atoms with E-state index >= 15 is 0 Å². The number of hydrogen-bond acceptors (Lipinski definition) is 2. The van der Waals surface area contributed by atoms with Gasteiger partial charge in [-0.3, -0.25) is 0 Å². The van der Waals surface area contributed by atoms with Gasteiger partial charge in [0.05, 0.1) is 12.1 Å². The summed E-state index contributed by atoms with van der Waals surface area (Å²) >= 11 is 0. The molecule has 0 spiro atoms. The van der Waals surface area contributed by atoms with Crippen LogP contribution >= 0.6 is 0 Å². The number of nitrogens with zero attached hydrogens (tertiary/aromatic N) is 2. The molecule has 5 rings (SSSR count). The van der Waals surface area contributed by atoms with Crippen molar-refractivity contribution in [3.05, 3.63) is 136 Å². The minimum absolute atomic E-state index is 0.0822. The number of anilines is 2. The quantitative estimate of drug-likeness (QED) is 0.303. The Morgan fingerprint density at radius 3 is 1.11 bits per heavy atom. The van der Waals surface area contributed by atoms with Gasteiger partial charge in [-0.15, -0.1) is 0 Å². The molecule has 1 aliphatic heterocycles. The SMILES string of the molecule is Cc1cc(C)c(N2[C]N(c3c(C)cc(C)cc3C)C(c3ccccc3)C2c2ccccc2)c(C)c1. The minimum Gasteiger partial charge on any atom is -0.331 e. The lowest BCUT2D eigenvalue weighted by Crippen LogP contribution is -2.25. The molecule has 1 heterocycles. The van der Waals surface area contributed by atoms with Crippen LogP contribution in [0.5, 0.6) is 0 Å². The Morgan fingerprint density at radius 2 is 0.800 bits per heavy atom. The van der Waals surface area contributed by atoms with Gasteiger partial charge in [-0.1, -0.05) is 96.1 Å². The maximum Gasteiger partial charge on any atom is 0.210 e. The highest BCUT2D eigenvalue weighted by atomic mass is 15.4. The van der Waals surface area contributed by atoms with Crippen LogP contribution in [0.3, 0.4) is 0 Å². The Morgan fingerprint density at radius 1 is 0.486 bits per heavy atom. The van der Waals surface area contributed by atoms with Crippen LogP contribution in [-0.2, 0) is 0 Å². The molecule has 4 aromatic rings. The van der Waals surface area contributed by atoms with E-state index in [0.717, 1.165) is 0 Å². The molecule has 4 aromatic carbocycles. The summed E-state index contributed by atoms with van der Waals surface area (Å²) in [6.07, 6.45) is 0. The molecule has 0 saturated carbocycles. The maximum absolute atomic E-state index is 3.89. The van der Waals surface area contributed by atoms with Crippen molar-refractivity contribution in [3.8, 4) is 0 Å². The molecular formula is C33H34N2. The van der Waals surface area contributed by atoms with E-state index in [-0.39, 0.29) is 12.1 Å². The third-order valence-electron chi connectivity index (χ3n) is 7.11. The number of hydrogen-bond donors (Lipinski definition) is 0. The second-order valence-electron chi connectivity index (χ2n) is 10.0. The third kappa shape index (κ3) is 4.23. The number of benzene rings is 4. The predicted molar refractivity (Wildman–Crippen MR) is 148 cm³/mol. The molecule has 2 atom stereocenters. The topological polar surface area (TPSA) is 6.48 Å². The van der Waals surface area contributed by atoms with Crippen LogP contribution in [0.4, 0.5) is 11.4 Å². The lowest BCUT2D eigenvalue weighted by atomic mass is 9.91. The lowest BCUT2D eigenvalue weighted by Gasteiger charge is -2.32. The molecule has 0 N–H and O–H groups in total. The first kappa shape index (κ1) is 23.2. The average molecular weight is 459 g/mol. The number of aryl methyl sites for hydroxylation is 6. The molecule has 0 amide bonds. The van der Waals surface area contributed by atoms with Gasteiger partial charge in [-0.05, 0) is 74.9 Å². The smallest absolute Gasteiger partial charge is 0.210 e. The zero-order valence-electron chi connectivity index (χ0n) is 21.6. The first-order valence-corrected chi connectivity index (χ1v) is 12.5. The van der Waals surface area contributed by atoms with Crippen molar-refractivity contribution in [2.24, 2.45) is 0 Å². The van der Waals surface area contributed by atoms with Gasteiger partial charge in [0.2, 0.25) is 6.67 Å². The fourth-order valence-electron chi connectivity index (χ4n) is 5.97. The van der Waals surface area contributed by atoms with Crippen molar-refractivity contribution < 1.29 is 0 Å². The molecular weight excluding hydrogens is 424 g/mol. The molecule has 1 saturated heterocycles. The van der Waals surface area contributed by atoms with Gasteiger partial charge in [0.25, 0.3) is 0 Å². The van der Waals surface area contributed by atoms with Crippen molar-refractivity contribution in [1.82, 2.24) is 0 Å². The number of rotatable bonds is 4. The van der Waals surface area contributed by atoms with Crippen molar-refractivity contribution in [3.63, 3.8) is 0 Å². The van der Waals surface area contributed by atoms with Crippen LogP contribution in [0.2, 0.25) is 0 Å². The summed E-state index contributed by atoms with van der Waals surface area (Å²) in [6, 6.07) is 31.1. The van der Waals surface area contributed by atoms with Crippen LogP contribution in [0.25, 0.3) is 0 Å². The van der Waals surface area contributed by atoms with Crippen LogP contribution < -0.4 is 9.80 Å². The summed E-state index contributed by atoms with van der Waals surface area (Å²) < 4.78 is 0. The highest BCUT2D eigenvalue weighted by molar-refractivity contribution is 5.72. The van der Waals surface area contributed by atoms with Gasteiger partial charge < -0.3 is 9.80 Å². The Bertz CT molecular complexity index is 1190. The normalized spacial score (nSPS) is 17.8. The molecule has 0 aromatic heterocycles. The van der Waals surface area contributed by atoms with Gasteiger partial charge in [-0.2, -0.15) is 0 Å². The zero-order chi connectivity index (χ0) is 24.7. The van der Waals surface area contributed by atoms with Crippen LogP contribution in [0.15, 0.2) is 84.9 Å². The summed E-state index contributed by atoms with van der Waals surface area (Å²) in [6.45, 7) is 17.1. The predicted octanol–water partition coefficient (Wildman–Crippen LogP) is 8.34. The Balaban J connectivity index is 1.78. The fraction of sp³-hybridized carbons (Fsp3) is 0.242. The van der Waals surface area contributed by atoms with E-state index < -0.39 is 0 Å². The van der Waals surface area contributed by atoms with Crippen molar-refractivity contribution in [2.45, 2.75) is 53.6 Å². The van der Waals surface area contributed by atoms with Crippen molar-refractivity contribution in [2.75, 3.05) is 9.80 Å². The monoisotopic (exact) mass is 458 g/mol. The van der Waals surface area contributed by atoms with E-state index in [9.17, 15) is 0 Å². The molecule has 176 valence electrons. The van der Waals surface area contributed by atoms with Gasteiger partial charge >= 0.3 is 0 Å². The van der Waals surface area contributed by atoms with Crippen molar-refractivity contribution >= 4 is 11.4 Å². The summed E-state index contributed by atoms with van der Waals surface area (Å²) in [4.78, 5) is 4.80. The highest BCUT2D eigenvalue weighted by Gasteiger charge is 2.45. The highest BCUT2D eigenvalue weighted by Crippen LogP contribution is 2.52. The summed E-state index contributed by atoms with van der Waals surface area (Å²) in [5.74, 6) is 0. The van der Waals surface area contributed by atoms with Crippen molar-refractivity contribution in [1.29, 1.82) is 0 Å². The van der Waals surface area contributed by atoms with E-state index in [1.54, 1.807) is 0 Å². The third-order valence-corrected chi connectivity index (χ3v) is 7.11. The summed E-state index contributed by atoms with van der Waals surface area (Å²) in [5.41, 5.74) is 12.8. The van der Waals surface area contributed by atoms with E-state index in [2.05, 4.69) is 143 Å². The first-order valence-electron chi connectivity index (χ1n) is 12.5. The standard InChI is InChI=1S/C33H34N2/c1-22-17-24(3)30(25(4)18-22)34-21-35(31-26(5)19-23(2)20-27(31)6)33(29-15-11-8-12-16-29)32(34)28-13-9-7-10-14-28/h7-20,32-33H,1-6H3. The summed E-state index contributed by atoms with van der Waals surface area (Å²) in [7, 11) is 0. The molecule has 2 unspecified atom stereocenters. The molecule has 2 radical (unpaired) electrons. The molecule has 1 aliphatic rings. The largest absolute Gasteiger partial charge is 0.331 e. The molecule has 2 heteroatoms. The lowest BCUT2D eigenvalue weighted by molar-refractivity contribution is 0.616. The average Bonchev–Trinajstić information content (AvgIpc) is 3.18. The first-order chi connectivity index (χ1) is 16.8. The van der Waals surface area contributed by atoms with E-state index in [4.69, 9.17) is 0 Å². The Labute approximate surface area is 210 Å². The maximum atomic E-state index is 3.89. The van der Waals surface area contributed by atoms with Crippen LogP contribution in [-0.4, -0.2) is 0 Å². The van der Waals surface area contributed by atoms with E-state index in [1.807, 2.05) is 0 Å². The van der Waals surface area contributed by atoms with Gasteiger partial charge in [0.15, 0.2) is 0 Å².